The number of thioether (sulfide) groups is 1. The van der Waals surface area contributed by atoms with E-state index in [1.54, 1.807) is 31.6 Å². The molecule has 1 aromatic carbocycles. The number of carbonyl (C=O) groups is 1. The second kappa shape index (κ2) is 10.1. The number of hydrogen-bond acceptors (Lipinski definition) is 9. The van der Waals surface area contributed by atoms with Crippen molar-refractivity contribution in [2.45, 2.75) is 30.8 Å². The number of ether oxygens (including phenoxy) is 1. The maximum Gasteiger partial charge on any atom is 0.237 e. The summed E-state index contributed by atoms with van der Waals surface area (Å²) in [6, 6.07) is 11.0. The lowest BCUT2D eigenvalue weighted by atomic mass is 10.2. The van der Waals surface area contributed by atoms with E-state index >= 15 is 0 Å². The fourth-order valence-electron chi connectivity index (χ4n) is 3.03. The molecule has 1 amide bonds. The number of aromatic nitrogens is 6. The molecule has 0 saturated heterocycles. The van der Waals surface area contributed by atoms with Crippen LogP contribution in [0.15, 0.2) is 58.5 Å². The third-order valence-electron chi connectivity index (χ3n) is 4.51. The van der Waals surface area contributed by atoms with Gasteiger partial charge < -0.3 is 19.1 Å². The fraction of sp³-hybridized carbons (Fsp3) is 0.238. The largest absolute Gasteiger partial charge is 0.495 e. The molecule has 4 aromatic rings. The number of hydrogen-bond donors (Lipinski definition) is 1. The number of benzene rings is 1. The van der Waals surface area contributed by atoms with E-state index in [0.717, 1.165) is 16.5 Å². The van der Waals surface area contributed by atoms with E-state index in [1.807, 2.05) is 35.8 Å². The normalized spacial score (nSPS) is 10.8. The highest BCUT2D eigenvalue weighted by molar-refractivity contribution is 7.98. The number of amides is 1. The van der Waals surface area contributed by atoms with Crippen molar-refractivity contribution in [3.63, 3.8) is 0 Å². The number of nitrogens with zero attached hydrogens (tertiary/aromatic N) is 6. The molecule has 1 N–H and O–H groups in total. The molecular formula is C21H21N7O3S. The van der Waals surface area contributed by atoms with Crippen molar-refractivity contribution in [2.24, 2.45) is 0 Å². The number of para-hydroxylation sites is 2. The number of methoxy groups -OCH3 is 1. The van der Waals surface area contributed by atoms with Gasteiger partial charge in [-0.1, -0.05) is 29.1 Å². The van der Waals surface area contributed by atoms with Crippen molar-refractivity contribution in [2.75, 3.05) is 12.4 Å². The predicted molar refractivity (Wildman–Crippen MR) is 118 cm³/mol. The van der Waals surface area contributed by atoms with Gasteiger partial charge in [0.2, 0.25) is 11.8 Å². The summed E-state index contributed by atoms with van der Waals surface area (Å²) in [7, 11) is 1.55. The second-order valence-electron chi connectivity index (χ2n) is 6.60. The number of carbonyl (C=O) groups excluding carboxylic acids is 1. The molecule has 10 nitrogen and oxygen atoms in total. The van der Waals surface area contributed by atoms with Gasteiger partial charge in [-0.2, -0.15) is 4.98 Å². The van der Waals surface area contributed by atoms with Crippen LogP contribution in [0.2, 0.25) is 0 Å². The first-order chi connectivity index (χ1) is 15.7. The molecule has 0 fully saturated rings. The second-order valence-corrected chi connectivity index (χ2v) is 7.55. The Labute approximate surface area is 188 Å². The summed E-state index contributed by atoms with van der Waals surface area (Å²) in [5.74, 6) is 2.22. The van der Waals surface area contributed by atoms with Crippen LogP contribution in [0.25, 0.3) is 11.4 Å². The smallest absolute Gasteiger partial charge is 0.237 e. The molecule has 3 heterocycles. The quantitative estimate of drug-likeness (QED) is 0.382. The Balaban J connectivity index is 1.37. The van der Waals surface area contributed by atoms with Crippen LogP contribution in [0, 0.1) is 0 Å². The van der Waals surface area contributed by atoms with Crippen molar-refractivity contribution in [1.82, 2.24) is 29.9 Å². The van der Waals surface area contributed by atoms with Crippen molar-refractivity contribution < 1.29 is 14.1 Å². The number of rotatable bonds is 9. The summed E-state index contributed by atoms with van der Waals surface area (Å²) < 4.78 is 12.5. The predicted octanol–water partition coefficient (Wildman–Crippen LogP) is 3.23. The van der Waals surface area contributed by atoms with Gasteiger partial charge in [0.15, 0.2) is 16.8 Å². The van der Waals surface area contributed by atoms with E-state index in [9.17, 15) is 4.79 Å². The van der Waals surface area contributed by atoms with E-state index in [2.05, 4.69) is 30.6 Å². The summed E-state index contributed by atoms with van der Waals surface area (Å²) in [4.78, 5) is 20.7. The molecule has 32 heavy (non-hydrogen) atoms. The van der Waals surface area contributed by atoms with E-state index < -0.39 is 0 Å². The van der Waals surface area contributed by atoms with Gasteiger partial charge in [0.1, 0.15) is 5.75 Å². The van der Waals surface area contributed by atoms with Crippen molar-refractivity contribution in [3.05, 3.63) is 60.5 Å². The Bertz CT molecular complexity index is 1190. The molecule has 11 heteroatoms. The van der Waals surface area contributed by atoms with Crippen LogP contribution >= 0.6 is 11.8 Å². The average molecular weight is 452 g/mol. The minimum atomic E-state index is -0.262. The molecule has 0 aliphatic rings. The lowest BCUT2D eigenvalue weighted by molar-refractivity contribution is -0.115. The average Bonchev–Trinajstić information content (AvgIpc) is 3.44. The zero-order chi connectivity index (χ0) is 22.3. The third kappa shape index (κ3) is 4.94. The van der Waals surface area contributed by atoms with Gasteiger partial charge in [-0.25, -0.2) is 0 Å². The number of anilines is 1. The molecule has 164 valence electrons. The summed E-state index contributed by atoms with van der Waals surface area (Å²) in [6.45, 7) is 2.74. The Morgan fingerprint density at radius 2 is 2.00 bits per heavy atom. The summed E-state index contributed by atoms with van der Waals surface area (Å²) in [5, 5.41) is 16.0. The lowest BCUT2D eigenvalue weighted by Crippen LogP contribution is -2.15. The first-order valence-electron chi connectivity index (χ1n) is 9.88. The topological polar surface area (TPSA) is 121 Å². The van der Waals surface area contributed by atoms with Crippen LogP contribution in [-0.2, 0) is 23.5 Å². The Kier molecular flexibility index (Phi) is 6.75. The SMILES string of the molecule is CCn1c(SCc2nc(CC(=O)Nc3ccccc3OC)no2)nnc1-c1ccncc1. The molecule has 0 atom stereocenters. The van der Waals surface area contributed by atoms with Gasteiger partial charge in [-0.15, -0.1) is 10.2 Å². The number of nitrogens with one attached hydrogen (secondary N) is 1. The zero-order valence-corrected chi connectivity index (χ0v) is 18.4. The highest BCUT2D eigenvalue weighted by atomic mass is 32.2. The first kappa shape index (κ1) is 21.5. The molecule has 4 rings (SSSR count). The minimum absolute atomic E-state index is 0.0104. The van der Waals surface area contributed by atoms with Gasteiger partial charge in [0.05, 0.1) is 25.0 Å². The first-order valence-corrected chi connectivity index (χ1v) is 10.9. The van der Waals surface area contributed by atoms with E-state index in [4.69, 9.17) is 9.26 Å². The number of pyridine rings is 1. The van der Waals surface area contributed by atoms with Gasteiger partial charge >= 0.3 is 0 Å². The highest BCUT2D eigenvalue weighted by Gasteiger charge is 2.16. The van der Waals surface area contributed by atoms with Crippen molar-refractivity contribution >= 4 is 23.4 Å². The fourth-order valence-corrected chi connectivity index (χ4v) is 3.87. The van der Waals surface area contributed by atoms with Crippen LogP contribution in [0.5, 0.6) is 5.75 Å². The Morgan fingerprint density at radius 3 is 2.78 bits per heavy atom. The van der Waals surface area contributed by atoms with Crippen molar-refractivity contribution in [3.8, 4) is 17.1 Å². The van der Waals surface area contributed by atoms with Crippen LogP contribution in [0.3, 0.4) is 0 Å². The van der Waals surface area contributed by atoms with E-state index in [0.29, 0.717) is 35.4 Å². The molecule has 0 spiro atoms. The highest BCUT2D eigenvalue weighted by Crippen LogP contribution is 2.26. The van der Waals surface area contributed by atoms with Crippen molar-refractivity contribution in [1.29, 1.82) is 0 Å². The summed E-state index contributed by atoms with van der Waals surface area (Å²) >= 11 is 1.44. The van der Waals surface area contributed by atoms with Crippen LogP contribution < -0.4 is 10.1 Å². The van der Waals surface area contributed by atoms with Gasteiger partial charge in [0.25, 0.3) is 0 Å². The summed E-state index contributed by atoms with van der Waals surface area (Å²) in [6.07, 6.45) is 3.44. The molecule has 0 unspecified atom stereocenters. The molecule has 0 radical (unpaired) electrons. The standard InChI is InChI=1S/C21H21N7O3S/c1-3-28-20(14-8-10-22-11-9-14)25-26-21(28)32-13-19-24-17(27-31-19)12-18(29)23-15-6-4-5-7-16(15)30-2/h4-11H,3,12-13H2,1-2H3,(H,23,29). The minimum Gasteiger partial charge on any atom is -0.495 e. The van der Waals surface area contributed by atoms with Crippen LogP contribution in [-0.4, -0.2) is 42.9 Å². The lowest BCUT2D eigenvalue weighted by Gasteiger charge is -2.08. The van der Waals surface area contributed by atoms with Gasteiger partial charge in [-0.05, 0) is 31.2 Å². The van der Waals surface area contributed by atoms with Crippen LogP contribution in [0.4, 0.5) is 5.69 Å². The summed E-state index contributed by atoms with van der Waals surface area (Å²) in [5.41, 5.74) is 1.53. The molecule has 3 aromatic heterocycles. The van der Waals surface area contributed by atoms with Gasteiger partial charge in [-0.3, -0.25) is 9.78 Å². The molecule has 0 aliphatic carbocycles. The molecule has 0 saturated carbocycles. The van der Waals surface area contributed by atoms with E-state index in [-0.39, 0.29) is 12.3 Å². The Hall–Kier alpha value is -3.73. The zero-order valence-electron chi connectivity index (χ0n) is 17.6. The third-order valence-corrected chi connectivity index (χ3v) is 5.46. The van der Waals surface area contributed by atoms with Crippen LogP contribution in [0.1, 0.15) is 18.6 Å². The monoisotopic (exact) mass is 451 g/mol. The molecular weight excluding hydrogens is 430 g/mol. The van der Waals surface area contributed by atoms with E-state index in [1.165, 1.54) is 11.8 Å². The molecule has 0 bridgehead atoms. The molecule has 0 aliphatic heterocycles. The van der Waals surface area contributed by atoms with Gasteiger partial charge in [0, 0.05) is 24.5 Å². The maximum atomic E-state index is 12.3. The Morgan fingerprint density at radius 1 is 1.19 bits per heavy atom. The maximum absolute atomic E-state index is 12.3.